The van der Waals surface area contributed by atoms with Crippen molar-refractivity contribution in [2.75, 3.05) is 19.0 Å². The van der Waals surface area contributed by atoms with Gasteiger partial charge in [-0.1, -0.05) is 13.8 Å². The van der Waals surface area contributed by atoms with Gasteiger partial charge in [0.15, 0.2) is 0 Å². The van der Waals surface area contributed by atoms with Crippen molar-refractivity contribution >= 4 is 5.69 Å². The molecule has 3 N–H and O–H groups in total. The van der Waals surface area contributed by atoms with E-state index in [0.29, 0.717) is 5.88 Å². The second kappa shape index (κ2) is 5.70. The lowest BCUT2D eigenvalue weighted by Gasteiger charge is -2.27. The molecule has 0 spiro atoms. The lowest BCUT2D eigenvalue weighted by atomic mass is 9.94. The van der Waals surface area contributed by atoms with Crippen molar-refractivity contribution < 1.29 is 4.74 Å². The third-order valence-corrected chi connectivity index (χ3v) is 3.00. The van der Waals surface area contributed by atoms with Gasteiger partial charge in [-0.25, -0.2) is 4.98 Å². The maximum Gasteiger partial charge on any atom is 0.214 e. The minimum absolute atomic E-state index is 0.142. The van der Waals surface area contributed by atoms with Gasteiger partial charge in [0.1, 0.15) is 0 Å². The highest BCUT2D eigenvalue weighted by Gasteiger charge is 2.19. The van der Waals surface area contributed by atoms with Gasteiger partial charge in [0, 0.05) is 30.0 Å². The molecular weight excluding hydrogens is 202 g/mol. The van der Waals surface area contributed by atoms with E-state index in [1.165, 1.54) is 0 Å². The largest absolute Gasteiger partial charge is 0.481 e. The van der Waals surface area contributed by atoms with Gasteiger partial charge in [-0.05, 0) is 18.9 Å². The summed E-state index contributed by atoms with van der Waals surface area (Å²) in [5.41, 5.74) is 7.05. The van der Waals surface area contributed by atoms with Gasteiger partial charge in [0.25, 0.3) is 0 Å². The number of hydrogen-bond donors (Lipinski definition) is 2. The SMILES string of the molecule is CCC(N)(CC)CNc1ccnc(OC)c1. The summed E-state index contributed by atoms with van der Waals surface area (Å²) in [6.07, 6.45) is 3.63. The molecule has 0 aliphatic heterocycles. The zero-order valence-corrected chi connectivity index (χ0v) is 10.3. The quantitative estimate of drug-likeness (QED) is 0.774. The van der Waals surface area contributed by atoms with E-state index in [2.05, 4.69) is 24.1 Å². The van der Waals surface area contributed by atoms with Crippen LogP contribution in [0.2, 0.25) is 0 Å². The number of aromatic nitrogens is 1. The summed E-state index contributed by atoms with van der Waals surface area (Å²) in [5.74, 6) is 0.612. The molecule has 16 heavy (non-hydrogen) atoms. The van der Waals surface area contributed by atoms with Crippen LogP contribution in [-0.4, -0.2) is 24.2 Å². The van der Waals surface area contributed by atoms with Crippen LogP contribution in [0.15, 0.2) is 18.3 Å². The van der Waals surface area contributed by atoms with Gasteiger partial charge in [0.05, 0.1) is 7.11 Å². The lowest BCUT2D eigenvalue weighted by molar-refractivity contribution is 0.397. The lowest BCUT2D eigenvalue weighted by Crippen LogP contribution is -2.45. The Morgan fingerprint density at radius 3 is 2.69 bits per heavy atom. The molecule has 1 aromatic heterocycles. The Hall–Kier alpha value is -1.29. The molecule has 4 heteroatoms. The molecule has 1 aromatic rings. The number of hydrogen-bond acceptors (Lipinski definition) is 4. The number of pyridine rings is 1. The van der Waals surface area contributed by atoms with Crippen LogP contribution in [0.25, 0.3) is 0 Å². The minimum atomic E-state index is -0.142. The molecule has 0 saturated carbocycles. The summed E-state index contributed by atoms with van der Waals surface area (Å²) in [6, 6.07) is 3.78. The highest BCUT2D eigenvalue weighted by Crippen LogP contribution is 2.16. The maximum absolute atomic E-state index is 6.21. The van der Waals surface area contributed by atoms with Crippen molar-refractivity contribution in [2.45, 2.75) is 32.2 Å². The molecule has 1 rings (SSSR count). The fourth-order valence-electron chi connectivity index (χ4n) is 1.41. The zero-order chi connectivity index (χ0) is 12.0. The Labute approximate surface area is 97.2 Å². The fraction of sp³-hybridized carbons (Fsp3) is 0.583. The second-order valence-electron chi connectivity index (χ2n) is 4.01. The molecule has 0 radical (unpaired) electrons. The molecular formula is C12H21N3O. The monoisotopic (exact) mass is 223 g/mol. The molecule has 0 bridgehead atoms. The normalized spacial score (nSPS) is 11.2. The number of anilines is 1. The van der Waals surface area contributed by atoms with E-state index < -0.39 is 0 Å². The molecule has 0 fully saturated rings. The average molecular weight is 223 g/mol. The summed E-state index contributed by atoms with van der Waals surface area (Å²) >= 11 is 0. The summed E-state index contributed by atoms with van der Waals surface area (Å²) in [7, 11) is 1.61. The Bertz CT molecular complexity index is 324. The van der Waals surface area contributed by atoms with Gasteiger partial charge in [0.2, 0.25) is 5.88 Å². The van der Waals surface area contributed by atoms with E-state index in [1.54, 1.807) is 13.3 Å². The Morgan fingerprint density at radius 1 is 1.44 bits per heavy atom. The van der Waals surface area contributed by atoms with Crippen LogP contribution in [0.4, 0.5) is 5.69 Å². The predicted molar refractivity (Wildman–Crippen MR) is 66.8 cm³/mol. The van der Waals surface area contributed by atoms with Gasteiger partial charge in [-0.3, -0.25) is 0 Å². The maximum atomic E-state index is 6.21. The Morgan fingerprint density at radius 2 is 2.12 bits per heavy atom. The Kier molecular flexibility index (Phi) is 4.55. The molecule has 90 valence electrons. The van der Waals surface area contributed by atoms with E-state index in [-0.39, 0.29) is 5.54 Å². The number of nitrogens with zero attached hydrogens (tertiary/aromatic N) is 1. The Balaban J connectivity index is 2.60. The summed E-state index contributed by atoms with van der Waals surface area (Å²) < 4.78 is 5.06. The third kappa shape index (κ3) is 3.38. The minimum Gasteiger partial charge on any atom is -0.481 e. The average Bonchev–Trinajstić information content (AvgIpc) is 2.36. The second-order valence-corrected chi connectivity index (χ2v) is 4.01. The molecule has 0 aliphatic carbocycles. The van der Waals surface area contributed by atoms with E-state index in [1.807, 2.05) is 12.1 Å². The van der Waals surface area contributed by atoms with Gasteiger partial charge < -0.3 is 15.8 Å². The van der Waals surface area contributed by atoms with Crippen LogP contribution in [0, 0.1) is 0 Å². The summed E-state index contributed by atoms with van der Waals surface area (Å²) in [4.78, 5) is 4.05. The first-order valence-corrected chi connectivity index (χ1v) is 5.66. The number of nitrogens with one attached hydrogen (secondary N) is 1. The van der Waals surface area contributed by atoms with Crippen molar-refractivity contribution in [3.63, 3.8) is 0 Å². The standard InChI is InChI=1S/C12H21N3O/c1-4-12(13,5-2)9-15-10-6-7-14-11(8-10)16-3/h6-8H,4-5,9,13H2,1-3H3,(H,14,15). The fourth-order valence-corrected chi connectivity index (χ4v) is 1.41. The van der Waals surface area contributed by atoms with Crippen LogP contribution in [0.3, 0.4) is 0 Å². The summed E-state index contributed by atoms with van der Waals surface area (Å²) in [5, 5.41) is 3.32. The molecule has 0 saturated heterocycles. The number of rotatable bonds is 6. The number of methoxy groups -OCH3 is 1. The van der Waals surface area contributed by atoms with E-state index >= 15 is 0 Å². The molecule has 0 amide bonds. The molecule has 1 heterocycles. The highest BCUT2D eigenvalue weighted by atomic mass is 16.5. The van der Waals surface area contributed by atoms with Gasteiger partial charge in [-0.2, -0.15) is 0 Å². The first kappa shape index (κ1) is 12.8. The van der Waals surface area contributed by atoms with Crippen molar-refractivity contribution in [1.29, 1.82) is 0 Å². The van der Waals surface area contributed by atoms with Crippen LogP contribution in [0.5, 0.6) is 5.88 Å². The smallest absolute Gasteiger partial charge is 0.214 e. The van der Waals surface area contributed by atoms with Crippen molar-refractivity contribution in [3.8, 4) is 5.88 Å². The van der Waals surface area contributed by atoms with Crippen molar-refractivity contribution in [1.82, 2.24) is 4.98 Å². The van der Waals surface area contributed by atoms with Crippen LogP contribution in [-0.2, 0) is 0 Å². The molecule has 0 aliphatic rings. The van der Waals surface area contributed by atoms with Gasteiger partial charge in [-0.15, -0.1) is 0 Å². The predicted octanol–water partition coefficient (Wildman–Crippen LogP) is 2.02. The number of nitrogens with two attached hydrogens (primary N) is 1. The first-order valence-electron chi connectivity index (χ1n) is 5.66. The van der Waals surface area contributed by atoms with Crippen LogP contribution < -0.4 is 15.8 Å². The van der Waals surface area contributed by atoms with E-state index in [4.69, 9.17) is 10.5 Å². The van der Waals surface area contributed by atoms with Crippen LogP contribution >= 0.6 is 0 Å². The number of ether oxygens (including phenoxy) is 1. The first-order chi connectivity index (χ1) is 7.63. The molecule has 0 aromatic carbocycles. The van der Waals surface area contributed by atoms with E-state index in [9.17, 15) is 0 Å². The van der Waals surface area contributed by atoms with Crippen LogP contribution in [0.1, 0.15) is 26.7 Å². The van der Waals surface area contributed by atoms with Crippen molar-refractivity contribution in [2.24, 2.45) is 5.73 Å². The third-order valence-electron chi connectivity index (χ3n) is 3.00. The molecule has 0 atom stereocenters. The van der Waals surface area contributed by atoms with Crippen molar-refractivity contribution in [3.05, 3.63) is 18.3 Å². The van der Waals surface area contributed by atoms with E-state index in [0.717, 1.165) is 25.1 Å². The zero-order valence-electron chi connectivity index (χ0n) is 10.3. The van der Waals surface area contributed by atoms with Gasteiger partial charge >= 0.3 is 0 Å². The summed E-state index contributed by atoms with van der Waals surface area (Å²) in [6.45, 7) is 4.98. The topological polar surface area (TPSA) is 60.2 Å². The molecule has 4 nitrogen and oxygen atoms in total. The highest BCUT2D eigenvalue weighted by molar-refractivity contribution is 5.45. The molecule has 0 unspecified atom stereocenters.